The Labute approximate surface area is 116 Å². The van der Waals surface area contributed by atoms with Gasteiger partial charge in [0.05, 0.1) is 0 Å². The summed E-state index contributed by atoms with van der Waals surface area (Å²) in [5, 5.41) is 2.86. The molecular weight excluding hydrogens is 240 g/mol. The molecule has 4 heteroatoms. The summed E-state index contributed by atoms with van der Waals surface area (Å²) in [4.78, 5) is 26.1. The molecule has 1 rings (SSSR count). The van der Waals surface area contributed by atoms with E-state index in [0.717, 1.165) is 25.8 Å². The van der Waals surface area contributed by atoms with Crippen LogP contribution in [-0.4, -0.2) is 35.3 Å². The Morgan fingerprint density at radius 2 is 1.74 bits per heavy atom. The van der Waals surface area contributed by atoms with Crippen molar-refractivity contribution in [1.82, 2.24) is 10.2 Å². The third-order valence-corrected chi connectivity index (χ3v) is 3.67. The predicted molar refractivity (Wildman–Crippen MR) is 76.6 cm³/mol. The quantitative estimate of drug-likeness (QED) is 0.802. The molecule has 1 atom stereocenters. The fourth-order valence-corrected chi connectivity index (χ4v) is 2.26. The molecule has 0 aliphatic heterocycles. The highest BCUT2D eigenvalue weighted by molar-refractivity contribution is 5.88. The molecule has 1 N–H and O–H groups in total. The van der Waals surface area contributed by atoms with Crippen molar-refractivity contribution >= 4 is 11.8 Å². The first kappa shape index (κ1) is 16.0. The van der Waals surface area contributed by atoms with Gasteiger partial charge in [0.1, 0.15) is 6.04 Å². The van der Waals surface area contributed by atoms with Gasteiger partial charge in [-0.2, -0.15) is 0 Å². The van der Waals surface area contributed by atoms with Crippen LogP contribution in [0.4, 0.5) is 0 Å². The van der Waals surface area contributed by atoms with Gasteiger partial charge in [-0.15, -0.1) is 0 Å². The highest BCUT2D eigenvalue weighted by Gasteiger charge is 2.29. The Bertz CT molecular complexity index is 322. The second-order valence-corrected chi connectivity index (χ2v) is 6.34. The molecule has 0 saturated heterocycles. The number of carbonyl (C=O) groups is 2. The standard InChI is InChI=1S/C15H28N2O2/c1-10(2)9-17(11(3)4)15(19)12(5)16-14(18)13-7-6-8-13/h10-13H,6-9H2,1-5H3,(H,16,18)/t12-/m1/s1. The zero-order chi connectivity index (χ0) is 14.6. The fraction of sp³-hybridized carbons (Fsp3) is 0.867. The van der Waals surface area contributed by atoms with Crippen LogP contribution in [-0.2, 0) is 9.59 Å². The summed E-state index contributed by atoms with van der Waals surface area (Å²) in [7, 11) is 0. The molecule has 1 aliphatic rings. The average molecular weight is 268 g/mol. The van der Waals surface area contributed by atoms with E-state index in [2.05, 4.69) is 19.2 Å². The minimum atomic E-state index is -0.422. The Morgan fingerprint density at radius 3 is 2.11 bits per heavy atom. The molecule has 2 amide bonds. The Kier molecular flexibility index (Phi) is 5.83. The molecule has 0 spiro atoms. The number of amides is 2. The van der Waals surface area contributed by atoms with Crippen molar-refractivity contribution in [3.05, 3.63) is 0 Å². The summed E-state index contributed by atoms with van der Waals surface area (Å²) in [5.41, 5.74) is 0. The van der Waals surface area contributed by atoms with Crippen LogP contribution in [0.25, 0.3) is 0 Å². The maximum absolute atomic E-state index is 12.4. The van der Waals surface area contributed by atoms with E-state index in [9.17, 15) is 9.59 Å². The van der Waals surface area contributed by atoms with Gasteiger partial charge >= 0.3 is 0 Å². The Morgan fingerprint density at radius 1 is 1.16 bits per heavy atom. The number of rotatable bonds is 6. The van der Waals surface area contributed by atoms with E-state index in [1.165, 1.54) is 0 Å². The highest BCUT2D eigenvalue weighted by Crippen LogP contribution is 2.26. The molecule has 1 aliphatic carbocycles. The van der Waals surface area contributed by atoms with Gasteiger partial charge in [0.15, 0.2) is 0 Å². The van der Waals surface area contributed by atoms with Gasteiger partial charge in [-0.25, -0.2) is 0 Å². The number of nitrogens with zero attached hydrogens (tertiary/aromatic N) is 1. The highest BCUT2D eigenvalue weighted by atomic mass is 16.2. The summed E-state index contributed by atoms with van der Waals surface area (Å²) in [6, 6.07) is -0.257. The molecule has 0 unspecified atom stereocenters. The second-order valence-electron chi connectivity index (χ2n) is 6.34. The lowest BCUT2D eigenvalue weighted by atomic mass is 9.84. The van der Waals surface area contributed by atoms with Crippen molar-refractivity contribution in [2.24, 2.45) is 11.8 Å². The van der Waals surface area contributed by atoms with Crippen LogP contribution in [0.1, 0.15) is 53.9 Å². The van der Waals surface area contributed by atoms with Crippen molar-refractivity contribution in [2.45, 2.75) is 66.0 Å². The van der Waals surface area contributed by atoms with Crippen molar-refractivity contribution in [3.63, 3.8) is 0 Å². The molecule has 110 valence electrons. The van der Waals surface area contributed by atoms with Gasteiger partial charge in [0.2, 0.25) is 11.8 Å². The largest absolute Gasteiger partial charge is 0.344 e. The van der Waals surface area contributed by atoms with E-state index in [4.69, 9.17) is 0 Å². The lowest BCUT2D eigenvalue weighted by Gasteiger charge is -2.32. The monoisotopic (exact) mass is 268 g/mol. The van der Waals surface area contributed by atoms with E-state index < -0.39 is 6.04 Å². The topological polar surface area (TPSA) is 49.4 Å². The lowest BCUT2D eigenvalue weighted by Crippen LogP contribution is -2.51. The van der Waals surface area contributed by atoms with E-state index >= 15 is 0 Å². The molecule has 4 nitrogen and oxygen atoms in total. The predicted octanol–water partition coefficient (Wildman–Crippen LogP) is 2.18. The van der Waals surface area contributed by atoms with Gasteiger partial charge in [-0.3, -0.25) is 9.59 Å². The average Bonchev–Trinajstić information content (AvgIpc) is 2.21. The minimum absolute atomic E-state index is 0.0244. The number of nitrogens with one attached hydrogen (secondary N) is 1. The SMILES string of the molecule is CC(C)CN(C(=O)[C@@H](C)NC(=O)C1CCC1)C(C)C. The zero-order valence-electron chi connectivity index (χ0n) is 12.9. The van der Waals surface area contributed by atoms with Gasteiger partial charge in [0.25, 0.3) is 0 Å². The van der Waals surface area contributed by atoms with E-state index in [0.29, 0.717) is 5.92 Å². The minimum Gasteiger partial charge on any atom is -0.344 e. The number of hydrogen-bond acceptors (Lipinski definition) is 2. The fourth-order valence-electron chi connectivity index (χ4n) is 2.26. The third-order valence-electron chi connectivity index (χ3n) is 3.67. The van der Waals surface area contributed by atoms with Crippen LogP contribution in [0, 0.1) is 11.8 Å². The molecule has 0 aromatic rings. The second kappa shape index (κ2) is 6.92. The Hall–Kier alpha value is -1.06. The van der Waals surface area contributed by atoms with Crippen molar-refractivity contribution in [2.75, 3.05) is 6.54 Å². The smallest absolute Gasteiger partial charge is 0.245 e. The van der Waals surface area contributed by atoms with Crippen LogP contribution in [0.3, 0.4) is 0 Å². The van der Waals surface area contributed by atoms with Crippen molar-refractivity contribution in [1.29, 1.82) is 0 Å². The first-order valence-corrected chi connectivity index (χ1v) is 7.43. The summed E-state index contributed by atoms with van der Waals surface area (Å²) in [6.07, 6.45) is 3.06. The van der Waals surface area contributed by atoms with Crippen LogP contribution in [0.5, 0.6) is 0 Å². The Balaban J connectivity index is 2.54. The molecule has 1 fully saturated rings. The van der Waals surface area contributed by atoms with Gasteiger partial charge in [-0.05, 0) is 39.5 Å². The van der Waals surface area contributed by atoms with E-state index in [-0.39, 0.29) is 23.8 Å². The van der Waals surface area contributed by atoms with E-state index in [1.54, 1.807) is 6.92 Å². The van der Waals surface area contributed by atoms with Crippen LogP contribution in [0.15, 0.2) is 0 Å². The van der Waals surface area contributed by atoms with E-state index in [1.807, 2.05) is 18.7 Å². The third kappa shape index (κ3) is 4.51. The number of hydrogen-bond donors (Lipinski definition) is 1. The molecule has 0 aromatic heterocycles. The van der Waals surface area contributed by atoms with Crippen molar-refractivity contribution in [3.8, 4) is 0 Å². The molecule has 1 saturated carbocycles. The maximum atomic E-state index is 12.4. The lowest BCUT2D eigenvalue weighted by molar-refractivity contribution is -0.139. The van der Waals surface area contributed by atoms with Crippen LogP contribution < -0.4 is 5.32 Å². The van der Waals surface area contributed by atoms with Crippen LogP contribution >= 0.6 is 0 Å². The van der Waals surface area contributed by atoms with Gasteiger partial charge < -0.3 is 10.2 Å². The van der Waals surface area contributed by atoms with Crippen LogP contribution in [0.2, 0.25) is 0 Å². The molecule has 0 heterocycles. The summed E-state index contributed by atoms with van der Waals surface area (Å²) < 4.78 is 0. The molecule has 0 bridgehead atoms. The maximum Gasteiger partial charge on any atom is 0.245 e. The zero-order valence-corrected chi connectivity index (χ0v) is 12.9. The first-order chi connectivity index (χ1) is 8.82. The van der Waals surface area contributed by atoms with Gasteiger partial charge in [0, 0.05) is 18.5 Å². The molecule has 0 aromatic carbocycles. The summed E-state index contributed by atoms with van der Waals surface area (Å²) in [5.74, 6) is 0.630. The normalized spacial score (nSPS) is 17.2. The summed E-state index contributed by atoms with van der Waals surface area (Å²) >= 11 is 0. The summed E-state index contributed by atoms with van der Waals surface area (Å²) in [6.45, 7) is 10.7. The first-order valence-electron chi connectivity index (χ1n) is 7.43. The van der Waals surface area contributed by atoms with Gasteiger partial charge in [-0.1, -0.05) is 20.3 Å². The number of carbonyl (C=O) groups excluding carboxylic acids is 2. The molecule has 19 heavy (non-hydrogen) atoms. The molecule has 0 radical (unpaired) electrons. The molecular formula is C15H28N2O2. The van der Waals surface area contributed by atoms with Crippen molar-refractivity contribution < 1.29 is 9.59 Å².